The number of carbonyl (C=O) groups excluding carboxylic acids is 2. The molecule has 0 aliphatic heterocycles. The Morgan fingerprint density at radius 2 is 1.07 bits per heavy atom. The number of ether oxygens (including phenoxy) is 4. The average molecular weight is 386 g/mol. The number of hydrogen-bond acceptors (Lipinski definition) is 6. The van der Waals surface area contributed by atoms with E-state index in [-0.39, 0.29) is 13.2 Å². The fourth-order valence-electron chi connectivity index (χ4n) is 2.04. The molecule has 0 fully saturated rings. The number of nitrogens with one attached hydrogen (secondary N) is 2. The Balaban J connectivity index is 1.60. The van der Waals surface area contributed by atoms with E-state index in [0.29, 0.717) is 22.9 Å². The Kier molecular flexibility index (Phi) is 8.19. The highest BCUT2D eigenvalue weighted by atomic mass is 16.6. The molecular weight excluding hydrogens is 364 g/mol. The number of methoxy groups -OCH3 is 2. The summed E-state index contributed by atoms with van der Waals surface area (Å²) in [4.78, 5) is 23.3. The molecule has 0 aliphatic rings. The first-order valence-corrected chi connectivity index (χ1v) is 8.41. The van der Waals surface area contributed by atoms with E-state index in [1.165, 1.54) is 0 Å². The van der Waals surface area contributed by atoms with Crippen LogP contribution in [0.4, 0.5) is 21.0 Å². The van der Waals surface area contributed by atoms with Gasteiger partial charge >= 0.3 is 12.2 Å². The van der Waals surface area contributed by atoms with Crippen LogP contribution in [0.25, 0.3) is 0 Å². The quantitative estimate of drug-likeness (QED) is 0.665. The first-order valence-electron chi connectivity index (χ1n) is 8.41. The maximum atomic E-state index is 11.7. The topological polar surface area (TPSA) is 95.1 Å². The summed E-state index contributed by atoms with van der Waals surface area (Å²) in [6, 6.07) is 13.7. The lowest BCUT2D eigenvalue weighted by molar-refractivity contribution is 0.169. The van der Waals surface area contributed by atoms with E-state index in [1.54, 1.807) is 74.9 Å². The lowest BCUT2D eigenvalue weighted by atomic mass is 10.3. The van der Waals surface area contributed by atoms with Gasteiger partial charge in [-0.1, -0.05) is 0 Å². The van der Waals surface area contributed by atoms with Crippen LogP contribution in [0.5, 0.6) is 11.5 Å². The second kappa shape index (κ2) is 11.1. The highest BCUT2D eigenvalue weighted by Gasteiger charge is 2.03. The summed E-state index contributed by atoms with van der Waals surface area (Å²) in [6.07, 6.45) is 1.98. The molecule has 0 spiro atoms. The molecule has 8 heteroatoms. The van der Waals surface area contributed by atoms with Gasteiger partial charge in [-0.2, -0.15) is 0 Å². The molecule has 0 heterocycles. The SMILES string of the molecule is COc1ccc(NC(=O)OC/C=C/COC(=O)Nc2ccc(OC)cc2)cc1. The molecule has 0 radical (unpaired) electrons. The van der Waals surface area contributed by atoms with E-state index in [4.69, 9.17) is 18.9 Å². The molecule has 0 aliphatic carbocycles. The fraction of sp³-hybridized carbons (Fsp3) is 0.200. The monoisotopic (exact) mass is 386 g/mol. The van der Waals surface area contributed by atoms with Crippen LogP contribution in [-0.2, 0) is 9.47 Å². The van der Waals surface area contributed by atoms with Crippen LogP contribution in [0, 0.1) is 0 Å². The summed E-state index contributed by atoms with van der Waals surface area (Å²) in [5.41, 5.74) is 1.18. The van der Waals surface area contributed by atoms with Gasteiger partial charge in [0.15, 0.2) is 0 Å². The predicted molar refractivity (Wildman–Crippen MR) is 105 cm³/mol. The second-order valence-electron chi connectivity index (χ2n) is 5.38. The van der Waals surface area contributed by atoms with Crippen molar-refractivity contribution in [3.05, 3.63) is 60.7 Å². The summed E-state index contributed by atoms with van der Waals surface area (Å²) in [5.74, 6) is 1.38. The Morgan fingerprint density at radius 3 is 1.39 bits per heavy atom. The maximum absolute atomic E-state index is 11.7. The molecule has 2 rings (SSSR count). The summed E-state index contributed by atoms with van der Waals surface area (Å²) < 4.78 is 20.1. The van der Waals surface area contributed by atoms with Crippen LogP contribution >= 0.6 is 0 Å². The molecule has 148 valence electrons. The highest BCUT2D eigenvalue weighted by Crippen LogP contribution is 2.16. The van der Waals surface area contributed by atoms with Crippen LogP contribution < -0.4 is 20.1 Å². The van der Waals surface area contributed by atoms with Crippen molar-refractivity contribution >= 4 is 23.6 Å². The van der Waals surface area contributed by atoms with Crippen molar-refractivity contribution in [1.29, 1.82) is 0 Å². The predicted octanol–water partition coefficient (Wildman–Crippen LogP) is 4.06. The van der Waals surface area contributed by atoms with Crippen LogP contribution in [-0.4, -0.2) is 39.6 Å². The molecule has 2 N–H and O–H groups in total. The standard InChI is InChI=1S/C20H22N2O6/c1-25-17-9-5-15(6-10-17)21-19(23)27-13-3-4-14-28-20(24)22-16-7-11-18(26-2)12-8-16/h3-12H,13-14H2,1-2H3,(H,21,23)(H,22,24)/b4-3+. The molecule has 2 amide bonds. The van der Waals surface area contributed by atoms with Crippen molar-refractivity contribution < 1.29 is 28.5 Å². The zero-order valence-electron chi connectivity index (χ0n) is 15.6. The number of rotatable bonds is 8. The Labute approximate surface area is 163 Å². The zero-order chi connectivity index (χ0) is 20.2. The first kappa shape index (κ1) is 20.6. The van der Waals surface area contributed by atoms with Gasteiger partial charge in [0.2, 0.25) is 0 Å². The molecule has 0 unspecified atom stereocenters. The van der Waals surface area contributed by atoms with Crippen LogP contribution in [0.1, 0.15) is 0 Å². The molecule has 0 bridgehead atoms. The third-order valence-corrected chi connectivity index (χ3v) is 3.46. The maximum Gasteiger partial charge on any atom is 0.411 e. The van der Waals surface area contributed by atoms with E-state index in [0.717, 1.165) is 0 Å². The summed E-state index contributed by atoms with van der Waals surface area (Å²) in [6.45, 7) is 0.0941. The van der Waals surface area contributed by atoms with Gasteiger partial charge in [-0.3, -0.25) is 10.6 Å². The smallest absolute Gasteiger partial charge is 0.411 e. The highest BCUT2D eigenvalue weighted by molar-refractivity contribution is 5.85. The Hall–Kier alpha value is -3.68. The van der Waals surface area contributed by atoms with Crippen molar-refractivity contribution in [3.63, 3.8) is 0 Å². The van der Waals surface area contributed by atoms with Crippen LogP contribution in [0.2, 0.25) is 0 Å². The fourth-order valence-corrected chi connectivity index (χ4v) is 2.04. The molecule has 0 saturated heterocycles. The lowest BCUT2D eigenvalue weighted by Gasteiger charge is -2.07. The number of hydrogen-bond donors (Lipinski definition) is 2. The Morgan fingerprint density at radius 1 is 0.714 bits per heavy atom. The molecule has 8 nitrogen and oxygen atoms in total. The minimum atomic E-state index is -0.590. The third-order valence-electron chi connectivity index (χ3n) is 3.46. The average Bonchev–Trinajstić information content (AvgIpc) is 2.71. The third kappa shape index (κ3) is 7.28. The van der Waals surface area contributed by atoms with E-state index < -0.39 is 12.2 Å². The van der Waals surface area contributed by atoms with Crippen molar-refractivity contribution in [2.45, 2.75) is 0 Å². The molecule has 2 aromatic carbocycles. The minimum absolute atomic E-state index is 0.0471. The summed E-state index contributed by atoms with van der Waals surface area (Å²) in [7, 11) is 3.13. The minimum Gasteiger partial charge on any atom is -0.497 e. The van der Waals surface area contributed by atoms with Gasteiger partial charge in [0, 0.05) is 11.4 Å². The van der Waals surface area contributed by atoms with Crippen molar-refractivity contribution in [2.24, 2.45) is 0 Å². The van der Waals surface area contributed by atoms with E-state index >= 15 is 0 Å². The number of anilines is 2. The molecule has 0 aromatic heterocycles. The normalized spacial score (nSPS) is 10.2. The van der Waals surface area contributed by atoms with Crippen molar-refractivity contribution in [1.82, 2.24) is 0 Å². The van der Waals surface area contributed by atoms with Crippen LogP contribution in [0.3, 0.4) is 0 Å². The van der Waals surface area contributed by atoms with Gasteiger partial charge in [0.05, 0.1) is 14.2 Å². The van der Waals surface area contributed by atoms with Crippen LogP contribution in [0.15, 0.2) is 60.7 Å². The van der Waals surface area contributed by atoms with Gasteiger partial charge in [-0.25, -0.2) is 9.59 Å². The van der Waals surface area contributed by atoms with E-state index in [2.05, 4.69) is 10.6 Å². The molecule has 0 saturated carbocycles. The Bertz CT molecular complexity index is 720. The molecule has 28 heavy (non-hydrogen) atoms. The second-order valence-corrected chi connectivity index (χ2v) is 5.38. The van der Waals surface area contributed by atoms with Gasteiger partial charge in [-0.15, -0.1) is 0 Å². The van der Waals surface area contributed by atoms with Gasteiger partial charge in [-0.05, 0) is 60.7 Å². The van der Waals surface area contributed by atoms with E-state index in [1.807, 2.05) is 0 Å². The molecule has 2 aromatic rings. The number of carbonyl (C=O) groups is 2. The van der Waals surface area contributed by atoms with Gasteiger partial charge in [0.1, 0.15) is 24.7 Å². The number of amides is 2. The van der Waals surface area contributed by atoms with Crippen molar-refractivity contribution in [2.75, 3.05) is 38.1 Å². The molecule has 0 atom stereocenters. The summed E-state index contributed by atoms with van der Waals surface area (Å²) >= 11 is 0. The largest absolute Gasteiger partial charge is 0.497 e. The van der Waals surface area contributed by atoms with Gasteiger partial charge < -0.3 is 18.9 Å². The van der Waals surface area contributed by atoms with E-state index in [9.17, 15) is 9.59 Å². The van der Waals surface area contributed by atoms with Crippen molar-refractivity contribution in [3.8, 4) is 11.5 Å². The number of benzene rings is 2. The van der Waals surface area contributed by atoms with Gasteiger partial charge in [0.25, 0.3) is 0 Å². The lowest BCUT2D eigenvalue weighted by Crippen LogP contribution is -2.14. The first-order chi connectivity index (χ1) is 13.6. The zero-order valence-corrected chi connectivity index (χ0v) is 15.6. The molecular formula is C20H22N2O6. The summed E-state index contributed by atoms with van der Waals surface area (Å²) in [5, 5.41) is 5.17.